The molecular weight excluding hydrogens is 340 g/mol. The minimum atomic E-state index is -0.171. The molecule has 2 aromatic carbocycles. The summed E-state index contributed by atoms with van der Waals surface area (Å²) in [6.45, 7) is 2.28. The summed E-state index contributed by atoms with van der Waals surface area (Å²) in [7, 11) is 8.95. The van der Waals surface area contributed by atoms with E-state index in [4.69, 9.17) is 0 Å². The van der Waals surface area contributed by atoms with E-state index in [1.54, 1.807) is 0 Å². The molecule has 0 saturated heterocycles. The van der Waals surface area contributed by atoms with E-state index < -0.39 is 0 Å². The fraction of sp³-hybridized carbons (Fsp3) is 0.538. The summed E-state index contributed by atoms with van der Waals surface area (Å²) in [4.78, 5) is 4.87. The summed E-state index contributed by atoms with van der Waals surface area (Å²) in [5, 5.41) is 0. The molecule has 0 aromatic heterocycles. The first-order valence-electron chi connectivity index (χ1n) is 11.0. The van der Waals surface area contributed by atoms with Crippen molar-refractivity contribution in [2.45, 2.75) is 63.5 Å². The van der Waals surface area contributed by atoms with Crippen LogP contribution in [-0.2, 0) is 5.54 Å². The van der Waals surface area contributed by atoms with Crippen molar-refractivity contribution in [3.8, 4) is 0 Å². The second kappa shape index (κ2) is 11.4. The first-order valence-corrected chi connectivity index (χ1v) is 11.0. The third kappa shape index (κ3) is 5.24. The predicted molar refractivity (Wildman–Crippen MR) is 123 cm³/mol. The van der Waals surface area contributed by atoms with Gasteiger partial charge in [-0.05, 0) is 45.7 Å². The third-order valence-corrected chi connectivity index (χ3v) is 6.07. The van der Waals surface area contributed by atoms with Gasteiger partial charge in [0.05, 0.1) is 5.54 Å². The predicted octanol–water partition coefficient (Wildman–Crippen LogP) is 6.17. The number of unbranched alkanes of at least 4 members (excludes halogenated alkanes) is 5. The van der Waals surface area contributed by atoms with Gasteiger partial charge in [0.2, 0.25) is 0 Å². The number of rotatable bonds is 12. The Morgan fingerprint density at radius 2 is 1.14 bits per heavy atom. The lowest BCUT2D eigenvalue weighted by molar-refractivity contribution is 0.0715. The molecule has 2 heteroatoms. The van der Waals surface area contributed by atoms with Crippen LogP contribution < -0.4 is 0 Å². The van der Waals surface area contributed by atoms with Crippen LogP contribution in [0.5, 0.6) is 0 Å². The summed E-state index contributed by atoms with van der Waals surface area (Å²) < 4.78 is 0. The zero-order chi connectivity index (χ0) is 20.4. The summed E-state index contributed by atoms with van der Waals surface area (Å²) in [5.74, 6) is 0. The standard InChI is InChI=1S/C26H40N2/c1-6-7-8-9-10-17-22-25(27(2)3)26(28(4)5,23-18-13-11-14-19-23)24-20-15-12-16-21-24/h11-16,18-21,25H,6-10,17,22H2,1-5H3. The molecule has 28 heavy (non-hydrogen) atoms. The van der Waals surface area contributed by atoms with Crippen LogP contribution in [0, 0.1) is 0 Å². The minimum Gasteiger partial charge on any atom is -0.304 e. The Bertz CT molecular complexity index is 609. The molecule has 2 aromatic rings. The van der Waals surface area contributed by atoms with E-state index in [1.165, 1.54) is 56.1 Å². The van der Waals surface area contributed by atoms with Crippen LogP contribution in [0.4, 0.5) is 0 Å². The van der Waals surface area contributed by atoms with Gasteiger partial charge in [-0.1, -0.05) is 106 Å². The molecular formula is C26H40N2. The van der Waals surface area contributed by atoms with Gasteiger partial charge in [-0.25, -0.2) is 0 Å². The first-order chi connectivity index (χ1) is 13.5. The Morgan fingerprint density at radius 1 is 0.679 bits per heavy atom. The van der Waals surface area contributed by atoms with Gasteiger partial charge in [0.25, 0.3) is 0 Å². The normalized spacial score (nSPS) is 13.2. The minimum absolute atomic E-state index is 0.171. The van der Waals surface area contributed by atoms with E-state index in [9.17, 15) is 0 Å². The van der Waals surface area contributed by atoms with E-state index in [2.05, 4.69) is 106 Å². The van der Waals surface area contributed by atoms with Gasteiger partial charge < -0.3 is 4.90 Å². The van der Waals surface area contributed by atoms with Crippen molar-refractivity contribution in [2.75, 3.05) is 28.2 Å². The van der Waals surface area contributed by atoms with Crippen LogP contribution in [0.25, 0.3) is 0 Å². The van der Waals surface area contributed by atoms with Gasteiger partial charge in [-0.15, -0.1) is 0 Å². The van der Waals surface area contributed by atoms with Crippen molar-refractivity contribution in [3.63, 3.8) is 0 Å². The van der Waals surface area contributed by atoms with Crippen molar-refractivity contribution in [1.82, 2.24) is 9.80 Å². The third-order valence-electron chi connectivity index (χ3n) is 6.07. The van der Waals surface area contributed by atoms with Crippen LogP contribution in [-0.4, -0.2) is 44.0 Å². The Labute approximate surface area is 173 Å². The topological polar surface area (TPSA) is 6.48 Å². The molecule has 0 aliphatic carbocycles. The number of likely N-dealkylation sites (N-methyl/N-ethyl adjacent to an activating group) is 2. The molecule has 1 atom stereocenters. The van der Waals surface area contributed by atoms with Gasteiger partial charge >= 0.3 is 0 Å². The number of hydrogen-bond acceptors (Lipinski definition) is 2. The summed E-state index contributed by atoms with van der Waals surface area (Å²) in [6, 6.07) is 22.5. The van der Waals surface area contributed by atoms with Gasteiger partial charge in [-0.2, -0.15) is 0 Å². The lowest BCUT2D eigenvalue weighted by atomic mass is 9.73. The van der Waals surface area contributed by atoms with E-state index in [0.29, 0.717) is 6.04 Å². The van der Waals surface area contributed by atoms with Crippen molar-refractivity contribution in [3.05, 3.63) is 71.8 Å². The van der Waals surface area contributed by atoms with Crippen molar-refractivity contribution < 1.29 is 0 Å². The fourth-order valence-electron chi connectivity index (χ4n) is 4.71. The number of hydrogen-bond donors (Lipinski definition) is 0. The maximum atomic E-state index is 2.44. The van der Waals surface area contributed by atoms with E-state index >= 15 is 0 Å². The second-order valence-corrected chi connectivity index (χ2v) is 8.43. The SMILES string of the molecule is CCCCCCCCC(N(C)C)C(c1ccccc1)(c1ccccc1)N(C)C. The Morgan fingerprint density at radius 3 is 1.57 bits per heavy atom. The van der Waals surface area contributed by atoms with Gasteiger partial charge in [0.15, 0.2) is 0 Å². The van der Waals surface area contributed by atoms with Crippen LogP contribution in [0.3, 0.4) is 0 Å². The summed E-state index contributed by atoms with van der Waals surface area (Å²) in [5.41, 5.74) is 2.57. The molecule has 0 heterocycles. The van der Waals surface area contributed by atoms with E-state index in [-0.39, 0.29) is 5.54 Å². The Kier molecular flexibility index (Phi) is 9.21. The summed E-state index contributed by atoms with van der Waals surface area (Å²) >= 11 is 0. The fourth-order valence-corrected chi connectivity index (χ4v) is 4.71. The molecule has 1 unspecified atom stereocenters. The largest absolute Gasteiger partial charge is 0.304 e. The quantitative estimate of drug-likeness (QED) is 0.406. The molecule has 0 spiro atoms. The smallest absolute Gasteiger partial charge is 0.0868 e. The molecule has 0 bridgehead atoms. The molecule has 0 fully saturated rings. The number of nitrogens with zero attached hydrogens (tertiary/aromatic N) is 2. The van der Waals surface area contributed by atoms with Crippen molar-refractivity contribution in [2.24, 2.45) is 0 Å². The van der Waals surface area contributed by atoms with Crippen molar-refractivity contribution in [1.29, 1.82) is 0 Å². The Hall–Kier alpha value is -1.64. The van der Waals surface area contributed by atoms with Crippen LogP contribution in [0.2, 0.25) is 0 Å². The molecule has 2 rings (SSSR count). The molecule has 0 N–H and O–H groups in total. The zero-order valence-electron chi connectivity index (χ0n) is 18.7. The molecule has 0 amide bonds. The van der Waals surface area contributed by atoms with E-state index in [1.807, 2.05) is 0 Å². The average Bonchev–Trinajstić information content (AvgIpc) is 2.70. The highest BCUT2D eigenvalue weighted by Gasteiger charge is 2.44. The lowest BCUT2D eigenvalue weighted by Gasteiger charge is -2.49. The molecule has 0 aliphatic heterocycles. The highest BCUT2D eigenvalue weighted by molar-refractivity contribution is 5.41. The van der Waals surface area contributed by atoms with Crippen LogP contribution in [0.1, 0.15) is 63.0 Å². The maximum Gasteiger partial charge on any atom is 0.0868 e. The van der Waals surface area contributed by atoms with E-state index in [0.717, 1.165) is 0 Å². The molecule has 154 valence electrons. The molecule has 0 aliphatic rings. The first kappa shape index (κ1) is 22.6. The van der Waals surface area contributed by atoms with Crippen molar-refractivity contribution >= 4 is 0 Å². The number of benzene rings is 2. The van der Waals surface area contributed by atoms with Gasteiger partial charge in [0, 0.05) is 6.04 Å². The van der Waals surface area contributed by atoms with Gasteiger partial charge in [0.1, 0.15) is 0 Å². The van der Waals surface area contributed by atoms with Gasteiger partial charge in [-0.3, -0.25) is 4.90 Å². The molecule has 0 radical (unpaired) electrons. The molecule has 2 nitrogen and oxygen atoms in total. The lowest BCUT2D eigenvalue weighted by Crippen LogP contribution is -2.57. The Balaban J connectivity index is 2.40. The van der Waals surface area contributed by atoms with Crippen LogP contribution in [0.15, 0.2) is 60.7 Å². The monoisotopic (exact) mass is 380 g/mol. The second-order valence-electron chi connectivity index (χ2n) is 8.43. The zero-order valence-corrected chi connectivity index (χ0v) is 18.7. The average molecular weight is 381 g/mol. The maximum absolute atomic E-state index is 2.44. The molecule has 0 saturated carbocycles. The van der Waals surface area contributed by atoms with Crippen LogP contribution >= 0.6 is 0 Å². The highest BCUT2D eigenvalue weighted by Crippen LogP contribution is 2.41. The highest BCUT2D eigenvalue weighted by atomic mass is 15.2. The summed E-state index contributed by atoms with van der Waals surface area (Å²) in [6.07, 6.45) is 9.22.